The molecular formula is C61H115NO5. The van der Waals surface area contributed by atoms with Gasteiger partial charge in [-0.1, -0.05) is 256 Å². The lowest BCUT2D eigenvalue weighted by atomic mass is 10.0. The van der Waals surface area contributed by atoms with Crippen LogP contribution in [0.5, 0.6) is 0 Å². The monoisotopic (exact) mass is 942 g/mol. The van der Waals surface area contributed by atoms with Crippen LogP contribution in [0.15, 0.2) is 36.5 Å². The molecule has 0 saturated carbocycles. The van der Waals surface area contributed by atoms with E-state index in [9.17, 15) is 19.8 Å². The first-order valence-corrected chi connectivity index (χ1v) is 29.7. The van der Waals surface area contributed by atoms with E-state index >= 15 is 0 Å². The molecule has 0 saturated heterocycles. The SMILES string of the molecule is CCCCC/C=C\C/C=C\CCCCCCCC(=O)OCCCCCCCC/C=C\CCCCCCCCCC(=O)NC(CO)C(O)CCCCCCCCCCCCCCCCCCCC. The number of aliphatic hydroxyl groups is 2. The molecule has 0 aliphatic rings. The zero-order valence-corrected chi connectivity index (χ0v) is 44.9. The number of rotatable bonds is 55. The highest BCUT2D eigenvalue weighted by molar-refractivity contribution is 5.76. The molecule has 0 rings (SSSR count). The third-order valence-corrected chi connectivity index (χ3v) is 13.7. The lowest BCUT2D eigenvalue weighted by molar-refractivity contribution is -0.143. The Morgan fingerprint density at radius 3 is 1.18 bits per heavy atom. The molecule has 6 nitrogen and oxygen atoms in total. The van der Waals surface area contributed by atoms with Crippen LogP contribution in [-0.4, -0.2) is 47.4 Å². The summed E-state index contributed by atoms with van der Waals surface area (Å²) in [4.78, 5) is 24.5. The Balaban J connectivity index is 3.47. The second kappa shape index (κ2) is 56.7. The fourth-order valence-electron chi connectivity index (χ4n) is 9.08. The van der Waals surface area contributed by atoms with E-state index in [-0.39, 0.29) is 18.5 Å². The van der Waals surface area contributed by atoms with Crippen molar-refractivity contribution in [2.24, 2.45) is 0 Å². The molecule has 2 unspecified atom stereocenters. The van der Waals surface area contributed by atoms with Crippen molar-refractivity contribution in [1.29, 1.82) is 0 Å². The van der Waals surface area contributed by atoms with E-state index in [1.165, 1.54) is 218 Å². The first kappa shape index (κ1) is 65.1. The van der Waals surface area contributed by atoms with Gasteiger partial charge in [0.2, 0.25) is 5.91 Å². The number of esters is 1. The third-order valence-electron chi connectivity index (χ3n) is 13.7. The molecule has 0 bridgehead atoms. The predicted octanol–water partition coefficient (Wildman–Crippen LogP) is 18.4. The topological polar surface area (TPSA) is 95.9 Å². The Morgan fingerprint density at radius 2 is 0.746 bits per heavy atom. The fourth-order valence-corrected chi connectivity index (χ4v) is 9.08. The van der Waals surface area contributed by atoms with Crippen LogP contribution < -0.4 is 5.32 Å². The summed E-state index contributed by atoms with van der Waals surface area (Å²) in [7, 11) is 0. The lowest BCUT2D eigenvalue weighted by Crippen LogP contribution is -2.45. The Morgan fingerprint density at radius 1 is 0.418 bits per heavy atom. The number of unbranched alkanes of at least 4 members (excludes halogenated alkanes) is 38. The minimum absolute atomic E-state index is 0.0157. The summed E-state index contributed by atoms with van der Waals surface area (Å²) < 4.78 is 5.46. The van der Waals surface area contributed by atoms with E-state index in [2.05, 4.69) is 55.6 Å². The van der Waals surface area contributed by atoms with Gasteiger partial charge in [0.15, 0.2) is 0 Å². The second-order valence-electron chi connectivity index (χ2n) is 20.3. The first-order chi connectivity index (χ1) is 33.0. The molecule has 0 heterocycles. The molecule has 0 aliphatic carbocycles. The maximum absolute atomic E-state index is 12.5. The van der Waals surface area contributed by atoms with E-state index in [0.29, 0.717) is 25.9 Å². The number of nitrogens with one attached hydrogen (secondary N) is 1. The number of carbonyl (C=O) groups excluding carboxylic acids is 2. The van der Waals surface area contributed by atoms with Crippen LogP contribution >= 0.6 is 0 Å². The molecule has 0 aromatic carbocycles. The van der Waals surface area contributed by atoms with E-state index in [4.69, 9.17) is 4.74 Å². The number of carbonyl (C=O) groups is 2. The van der Waals surface area contributed by atoms with Crippen molar-refractivity contribution in [3.8, 4) is 0 Å². The van der Waals surface area contributed by atoms with Crippen molar-refractivity contribution in [1.82, 2.24) is 5.32 Å². The molecule has 0 radical (unpaired) electrons. The van der Waals surface area contributed by atoms with Crippen LogP contribution in [0, 0.1) is 0 Å². The minimum Gasteiger partial charge on any atom is -0.466 e. The number of aliphatic hydroxyl groups excluding tert-OH is 2. The van der Waals surface area contributed by atoms with Crippen molar-refractivity contribution in [3.05, 3.63) is 36.5 Å². The molecule has 0 aromatic heterocycles. The van der Waals surface area contributed by atoms with Crippen LogP contribution in [0.4, 0.5) is 0 Å². The lowest BCUT2D eigenvalue weighted by Gasteiger charge is -2.22. The number of hydrogen-bond acceptors (Lipinski definition) is 5. The molecule has 67 heavy (non-hydrogen) atoms. The van der Waals surface area contributed by atoms with Crippen LogP contribution in [0.3, 0.4) is 0 Å². The molecule has 0 spiro atoms. The van der Waals surface area contributed by atoms with Gasteiger partial charge in [-0.2, -0.15) is 0 Å². The van der Waals surface area contributed by atoms with Gasteiger partial charge in [0.05, 0.1) is 25.4 Å². The van der Waals surface area contributed by atoms with Gasteiger partial charge in [-0.15, -0.1) is 0 Å². The van der Waals surface area contributed by atoms with Crippen molar-refractivity contribution in [3.63, 3.8) is 0 Å². The molecule has 0 fully saturated rings. The number of ether oxygens (including phenoxy) is 1. The van der Waals surface area contributed by atoms with Crippen LogP contribution in [0.1, 0.15) is 316 Å². The van der Waals surface area contributed by atoms with Crippen LogP contribution in [0.25, 0.3) is 0 Å². The normalized spacial score (nSPS) is 12.8. The van der Waals surface area contributed by atoms with E-state index in [1.807, 2.05) is 0 Å². The Kier molecular flexibility index (Phi) is 55.0. The summed E-state index contributed by atoms with van der Waals surface area (Å²) >= 11 is 0. The Labute approximate surface area is 417 Å². The van der Waals surface area contributed by atoms with Crippen molar-refractivity contribution in [2.75, 3.05) is 13.2 Å². The zero-order chi connectivity index (χ0) is 48.6. The van der Waals surface area contributed by atoms with Gasteiger partial charge in [-0.25, -0.2) is 0 Å². The number of hydrogen-bond donors (Lipinski definition) is 3. The zero-order valence-electron chi connectivity index (χ0n) is 44.9. The molecule has 394 valence electrons. The molecule has 3 N–H and O–H groups in total. The summed E-state index contributed by atoms with van der Waals surface area (Å²) in [6.45, 7) is 4.91. The van der Waals surface area contributed by atoms with Gasteiger partial charge in [0.25, 0.3) is 0 Å². The first-order valence-electron chi connectivity index (χ1n) is 29.7. The van der Waals surface area contributed by atoms with E-state index in [0.717, 1.165) is 64.2 Å². The third kappa shape index (κ3) is 53.3. The maximum Gasteiger partial charge on any atom is 0.305 e. The highest BCUT2D eigenvalue weighted by Crippen LogP contribution is 2.17. The average molecular weight is 943 g/mol. The van der Waals surface area contributed by atoms with Gasteiger partial charge in [-0.3, -0.25) is 9.59 Å². The number of allylic oxidation sites excluding steroid dienone is 6. The van der Waals surface area contributed by atoms with Gasteiger partial charge in [-0.05, 0) is 83.5 Å². The highest BCUT2D eigenvalue weighted by Gasteiger charge is 2.20. The predicted molar refractivity (Wildman–Crippen MR) is 292 cm³/mol. The fraction of sp³-hybridized carbons (Fsp3) is 0.869. The smallest absolute Gasteiger partial charge is 0.305 e. The maximum atomic E-state index is 12.5. The van der Waals surface area contributed by atoms with Gasteiger partial charge >= 0.3 is 5.97 Å². The molecule has 6 heteroatoms. The summed E-state index contributed by atoms with van der Waals surface area (Å²) in [6, 6.07) is -0.552. The largest absolute Gasteiger partial charge is 0.466 e. The average Bonchev–Trinajstić information content (AvgIpc) is 3.33. The van der Waals surface area contributed by atoms with Crippen LogP contribution in [-0.2, 0) is 14.3 Å². The summed E-state index contributed by atoms with van der Waals surface area (Å²) in [5.74, 6) is -0.0614. The Hall–Kier alpha value is -1.92. The summed E-state index contributed by atoms with van der Waals surface area (Å²) in [5.41, 5.74) is 0. The molecule has 1 amide bonds. The molecular weight excluding hydrogens is 827 g/mol. The van der Waals surface area contributed by atoms with Crippen molar-refractivity contribution in [2.45, 2.75) is 328 Å². The summed E-state index contributed by atoms with van der Waals surface area (Å²) in [6.07, 6.45) is 69.9. The standard InChI is InChI=1S/C61H115NO5/c1-3-5-7-9-11-13-15-17-19-20-22-26-29-33-37-41-45-49-53-59(64)58(57-63)62-60(65)54-50-46-42-38-34-30-27-23-21-24-28-32-36-40-44-48-52-56-67-61(66)55-51-47-43-39-35-31-25-18-16-14-12-10-8-6-4-2/h12,14,18,21,24-25,58-59,63-64H,3-11,13,15-17,19-20,22-23,26-57H2,1-2H3,(H,62,65)/b14-12-,24-21-,25-18-. The Bertz CT molecular complexity index is 1090. The minimum atomic E-state index is -0.673. The van der Waals surface area contributed by atoms with E-state index in [1.54, 1.807) is 0 Å². The van der Waals surface area contributed by atoms with Crippen molar-refractivity contribution >= 4 is 11.9 Å². The quantitative estimate of drug-likeness (QED) is 0.0321. The number of amides is 1. The highest BCUT2D eigenvalue weighted by atomic mass is 16.5. The van der Waals surface area contributed by atoms with Gasteiger partial charge in [0.1, 0.15) is 0 Å². The molecule has 0 aliphatic heterocycles. The van der Waals surface area contributed by atoms with Gasteiger partial charge in [0, 0.05) is 12.8 Å². The molecule has 0 aromatic rings. The van der Waals surface area contributed by atoms with Crippen LogP contribution in [0.2, 0.25) is 0 Å². The second-order valence-corrected chi connectivity index (χ2v) is 20.3. The van der Waals surface area contributed by atoms with Crippen molar-refractivity contribution < 1.29 is 24.5 Å². The van der Waals surface area contributed by atoms with Gasteiger partial charge < -0.3 is 20.3 Å². The summed E-state index contributed by atoms with van der Waals surface area (Å²) in [5, 5.41) is 23.3. The molecule has 2 atom stereocenters. The van der Waals surface area contributed by atoms with E-state index < -0.39 is 12.1 Å².